The third-order valence-electron chi connectivity index (χ3n) is 5.99. The topological polar surface area (TPSA) is 53.5 Å². The predicted octanol–water partition coefficient (Wildman–Crippen LogP) is 4.42. The van der Waals surface area contributed by atoms with E-state index in [0.717, 1.165) is 36.1 Å². The lowest BCUT2D eigenvalue weighted by atomic mass is 9.72. The van der Waals surface area contributed by atoms with E-state index in [-0.39, 0.29) is 17.2 Å². The molecule has 0 aliphatic carbocycles. The van der Waals surface area contributed by atoms with Gasteiger partial charge in [-0.2, -0.15) is 0 Å². The fraction of sp³-hybridized carbons (Fsp3) is 0.500. The molecule has 2 aromatic rings. The molecule has 1 aromatic heterocycles. The lowest BCUT2D eigenvalue weighted by Crippen LogP contribution is -2.54. The Bertz CT molecular complexity index is 918. The Balaban J connectivity index is 1.96. The van der Waals surface area contributed by atoms with Crippen molar-refractivity contribution in [3.8, 4) is 11.1 Å². The molecule has 0 bridgehead atoms. The molecule has 1 aliphatic heterocycles. The summed E-state index contributed by atoms with van der Waals surface area (Å²) in [4.78, 5) is 34.4. The molecule has 3 rings (SSSR count). The van der Waals surface area contributed by atoms with Crippen LogP contribution in [0.4, 0.5) is 0 Å². The van der Waals surface area contributed by atoms with Crippen LogP contribution in [0, 0.1) is 10.8 Å². The van der Waals surface area contributed by atoms with Crippen molar-refractivity contribution in [2.75, 3.05) is 27.2 Å². The summed E-state index contributed by atoms with van der Waals surface area (Å²) in [6.07, 6.45) is 6.34. The highest BCUT2D eigenvalue weighted by atomic mass is 16.2. The number of pyridine rings is 1. The molecule has 1 aliphatic rings. The monoisotopic (exact) mass is 421 g/mol. The van der Waals surface area contributed by atoms with Crippen molar-refractivity contribution in [3.05, 3.63) is 54.4 Å². The van der Waals surface area contributed by atoms with Gasteiger partial charge < -0.3 is 9.80 Å². The summed E-state index contributed by atoms with van der Waals surface area (Å²) in [7, 11) is 3.63. The zero-order valence-corrected chi connectivity index (χ0v) is 19.5. The first kappa shape index (κ1) is 23.0. The summed E-state index contributed by atoms with van der Waals surface area (Å²) in [6, 6.07) is 12.2. The van der Waals surface area contributed by atoms with Crippen molar-refractivity contribution in [1.29, 1.82) is 0 Å². The second-order valence-electron chi connectivity index (χ2n) is 10.2. The van der Waals surface area contributed by atoms with Crippen LogP contribution in [0.15, 0.2) is 48.8 Å². The van der Waals surface area contributed by atoms with Gasteiger partial charge in [0.2, 0.25) is 11.8 Å². The Kier molecular flexibility index (Phi) is 6.83. The molecule has 0 saturated carbocycles. The number of aromatic nitrogens is 1. The van der Waals surface area contributed by atoms with Crippen LogP contribution in [0.5, 0.6) is 0 Å². The molecular weight excluding hydrogens is 386 g/mol. The lowest BCUT2D eigenvalue weighted by molar-refractivity contribution is -0.147. The van der Waals surface area contributed by atoms with Crippen molar-refractivity contribution in [2.24, 2.45) is 10.8 Å². The van der Waals surface area contributed by atoms with E-state index in [1.165, 1.54) is 0 Å². The Morgan fingerprint density at radius 3 is 2.52 bits per heavy atom. The summed E-state index contributed by atoms with van der Waals surface area (Å²) >= 11 is 0. The number of piperidine rings is 1. The molecule has 31 heavy (non-hydrogen) atoms. The highest BCUT2D eigenvalue weighted by Crippen LogP contribution is 2.38. The zero-order chi connectivity index (χ0) is 22.6. The zero-order valence-electron chi connectivity index (χ0n) is 19.5. The highest BCUT2D eigenvalue weighted by molar-refractivity contribution is 5.85. The molecule has 1 saturated heterocycles. The Morgan fingerprint density at radius 2 is 1.87 bits per heavy atom. The molecule has 166 valence electrons. The largest absolute Gasteiger partial charge is 0.348 e. The predicted molar refractivity (Wildman–Crippen MR) is 124 cm³/mol. The van der Waals surface area contributed by atoms with Crippen LogP contribution >= 0.6 is 0 Å². The van der Waals surface area contributed by atoms with Gasteiger partial charge in [0.25, 0.3) is 0 Å². The number of carbonyl (C=O) groups excluding carboxylic acids is 2. The molecule has 5 heteroatoms. The minimum atomic E-state index is -0.617. The molecule has 0 unspecified atom stereocenters. The molecule has 1 aromatic carbocycles. The number of likely N-dealkylation sites (tertiary alicyclic amines) is 1. The highest BCUT2D eigenvalue weighted by Gasteiger charge is 2.44. The van der Waals surface area contributed by atoms with E-state index < -0.39 is 5.41 Å². The summed E-state index contributed by atoms with van der Waals surface area (Å²) in [5, 5.41) is 0. The van der Waals surface area contributed by atoms with Gasteiger partial charge in [0.05, 0.1) is 5.41 Å². The number of benzene rings is 1. The van der Waals surface area contributed by atoms with E-state index in [0.29, 0.717) is 19.4 Å². The molecule has 1 atom stereocenters. The van der Waals surface area contributed by atoms with Crippen molar-refractivity contribution >= 4 is 11.8 Å². The molecule has 0 radical (unpaired) electrons. The maximum Gasteiger partial charge on any atom is 0.230 e. The summed E-state index contributed by atoms with van der Waals surface area (Å²) < 4.78 is 0. The van der Waals surface area contributed by atoms with Gasteiger partial charge in [-0.15, -0.1) is 0 Å². The van der Waals surface area contributed by atoms with Crippen LogP contribution in [-0.4, -0.2) is 53.8 Å². The first-order chi connectivity index (χ1) is 14.6. The van der Waals surface area contributed by atoms with Gasteiger partial charge in [0.15, 0.2) is 0 Å². The number of rotatable bonds is 5. The number of carbonyl (C=O) groups is 2. The smallest absolute Gasteiger partial charge is 0.230 e. The summed E-state index contributed by atoms with van der Waals surface area (Å²) in [6.45, 7) is 7.44. The molecule has 5 nitrogen and oxygen atoms in total. The van der Waals surface area contributed by atoms with Gasteiger partial charge in [-0.05, 0) is 41.9 Å². The number of hydrogen-bond donors (Lipinski definition) is 0. The van der Waals surface area contributed by atoms with Gasteiger partial charge in [-0.3, -0.25) is 14.6 Å². The van der Waals surface area contributed by atoms with E-state index in [9.17, 15) is 9.59 Å². The summed E-state index contributed by atoms with van der Waals surface area (Å²) in [5.74, 6) is 0.241. The lowest BCUT2D eigenvalue weighted by Gasteiger charge is -2.44. The molecule has 2 heterocycles. The first-order valence-electron chi connectivity index (χ1n) is 11.1. The number of nitrogens with zero attached hydrogens (tertiary/aromatic N) is 3. The van der Waals surface area contributed by atoms with Crippen LogP contribution in [-0.2, 0) is 16.0 Å². The fourth-order valence-corrected chi connectivity index (χ4v) is 4.62. The maximum absolute atomic E-state index is 13.5. The van der Waals surface area contributed by atoms with Crippen LogP contribution in [0.2, 0.25) is 0 Å². The van der Waals surface area contributed by atoms with Crippen LogP contribution in [0.25, 0.3) is 11.1 Å². The van der Waals surface area contributed by atoms with Gasteiger partial charge in [-0.1, -0.05) is 51.1 Å². The average molecular weight is 422 g/mol. The van der Waals surface area contributed by atoms with Gasteiger partial charge >= 0.3 is 0 Å². The van der Waals surface area contributed by atoms with Crippen molar-refractivity contribution in [3.63, 3.8) is 0 Å². The van der Waals surface area contributed by atoms with Gasteiger partial charge in [0, 0.05) is 51.6 Å². The molecule has 1 fully saturated rings. The van der Waals surface area contributed by atoms with Gasteiger partial charge in [-0.25, -0.2) is 0 Å². The Hall–Kier alpha value is -2.69. The number of hydrogen-bond acceptors (Lipinski definition) is 3. The minimum Gasteiger partial charge on any atom is -0.348 e. The second kappa shape index (κ2) is 9.21. The van der Waals surface area contributed by atoms with Crippen LogP contribution in [0.3, 0.4) is 0 Å². The molecule has 0 N–H and O–H groups in total. The molecule has 2 amide bonds. The van der Waals surface area contributed by atoms with E-state index >= 15 is 0 Å². The summed E-state index contributed by atoms with van der Waals surface area (Å²) in [5.41, 5.74) is 2.57. The van der Waals surface area contributed by atoms with Crippen LogP contribution in [0.1, 0.15) is 45.6 Å². The Morgan fingerprint density at radius 1 is 1.13 bits per heavy atom. The molecular formula is C26H35N3O2. The molecule has 0 spiro atoms. The Labute approximate surface area is 186 Å². The van der Waals surface area contributed by atoms with E-state index in [1.54, 1.807) is 11.1 Å². The van der Waals surface area contributed by atoms with Crippen LogP contribution < -0.4 is 0 Å². The van der Waals surface area contributed by atoms with Crippen molar-refractivity contribution in [2.45, 2.75) is 46.5 Å². The van der Waals surface area contributed by atoms with Crippen molar-refractivity contribution < 1.29 is 9.59 Å². The average Bonchev–Trinajstić information content (AvgIpc) is 2.73. The van der Waals surface area contributed by atoms with E-state index in [2.05, 4.69) is 37.9 Å². The second-order valence-corrected chi connectivity index (χ2v) is 10.2. The van der Waals surface area contributed by atoms with Gasteiger partial charge in [0.1, 0.15) is 0 Å². The third-order valence-corrected chi connectivity index (χ3v) is 5.99. The number of amides is 2. The first-order valence-corrected chi connectivity index (χ1v) is 11.1. The maximum atomic E-state index is 13.5. The quantitative estimate of drug-likeness (QED) is 0.718. The van der Waals surface area contributed by atoms with Crippen molar-refractivity contribution in [1.82, 2.24) is 14.8 Å². The SMILES string of the molecule is CN(C)C(=O)[C@@]1(Cc2ccccc2-c2cccnc2)CCCN(C(=O)CC(C)(C)C)C1. The van der Waals surface area contributed by atoms with E-state index in [4.69, 9.17) is 0 Å². The normalized spacial score (nSPS) is 19.2. The fourth-order valence-electron chi connectivity index (χ4n) is 4.62. The minimum absolute atomic E-state index is 0.0738. The third kappa shape index (κ3) is 5.52. The standard InChI is InChI=1S/C26H35N3O2/c1-25(2,3)17-23(30)29-15-9-13-26(19-29,24(31)28(4)5)16-20-10-6-7-12-22(20)21-11-8-14-27-18-21/h6-8,10-12,14,18H,9,13,15-17,19H2,1-5H3/t26-/m1/s1. The van der Waals surface area contributed by atoms with E-state index in [1.807, 2.05) is 49.5 Å².